The lowest BCUT2D eigenvalue weighted by atomic mass is 10.0. The normalized spacial score (nSPS) is 14.7. The molecule has 0 amide bonds. The summed E-state index contributed by atoms with van der Waals surface area (Å²) in [4.78, 5) is 3.93. The van der Waals surface area contributed by atoms with E-state index in [-0.39, 0.29) is 0 Å². The van der Waals surface area contributed by atoms with E-state index < -0.39 is 12.2 Å². The van der Waals surface area contributed by atoms with Gasteiger partial charge in [-0.25, -0.2) is 4.98 Å². The summed E-state index contributed by atoms with van der Waals surface area (Å²) in [5.74, 6) is 0.611. The number of alkyl halides is 1. The van der Waals surface area contributed by atoms with Crippen molar-refractivity contribution in [1.29, 1.82) is 0 Å². The molecule has 1 aromatic heterocycles. The van der Waals surface area contributed by atoms with E-state index in [9.17, 15) is 10.2 Å². The van der Waals surface area contributed by atoms with Crippen molar-refractivity contribution in [2.45, 2.75) is 18.6 Å². The molecule has 0 aromatic carbocycles. The first-order valence-corrected chi connectivity index (χ1v) is 5.15. The summed E-state index contributed by atoms with van der Waals surface area (Å²) in [7, 11) is 1.46. The zero-order chi connectivity index (χ0) is 11.3. The maximum absolute atomic E-state index is 9.80. The molecule has 4 nitrogen and oxygen atoms in total. The van der Waals surface area contributed by atoms with E-state index in [2.05, 4.69) is 4.98 Å². The molecule has 1 rings (SSSR count). The van der Waals surface area contributed by atoms with Crippen molar-refractivity contribution in [1.82, 2.24) is 4.98 Å². The zero-order valence-electron chi connectivity index (χ0n) is 8.43. The van der Waals surface area contributed by atoms with Crippen molar-refractivity contribution < 1.29 is 14.9 Å². The van der Waals surface area contributed by atoms with Crippen LogP contribution in [0.15, 0.2) is 18.3 Å². The van der Waals surface area contributed by atoms with Crippen LogP contribution in [0.2, 0.25) is 0 Å². The van der Waals surface area contributed by atoms with Crippen molar-refractivity contribution in [2.24, 2.45) is 0 Å². The van der Waals surface area contributed by atoms with Crippen LogP contribution in [-0.2, 0) is 0 Å². The highest BCUT2D eigenvalue weighted by Gasteiger charge is 2.21. The number of nitrogens with zero attached hydrogens (tertiary/aromatic N) is 1. The molecule has 84 valence electrons. The molecule has 0 fully saturated rings. The lowest BCUT2D eigenvalue weighted by Crippen LogP contribution is -2.19. The minimum atomic E-state index is -1.02. The van der Waals surface area contributed by atoms with Crippen LogP contribution in [0.25, 0.3) is 0 Å². The summed E-state index contributed by atoms with van der Waals surface area (Å²) >= 11 is 5.48. The molecule has 2 N–H and O–H groups in total. The Kier molecular flexibility index (Phi) is 4.81. The maximum atomic E-state index is 9.80. The highest BCUT2D eigenvalue weighted by atomic mass is 35.5. The highest BCUT2D eigenvalue weighted by molar-refractivity contribution is 6.17. The van der Waals surface area contributed by atoms with Gasteiger partial charge in [-0.05, 0) is 18.6 Å². The summed E-state index contributed by atoms with van der Waals surface area (Å²) in [6, 6.07) is 3.34. The van der Waals surface area contributed by atoms with E-state index in [1.54, 1.807) is 18.3 Å². The number of methoxy groups -OCH3 is 1. The van der Waals surface area contributed by atoms with Gasteiger partial charge in [0.15, 0.2) is 0 Å². The SMILES string of the molecule is COc1ncccc1C(O)C(O)CCCl. The van der Waals surface area contributed by atoms with Crippen molar-refractivity contribution in [3.05, 3.63) is 23.9 Å². The van der Waals surface area contributed by atoms with Gasteiger partial charge < -0.3 is 14.9 Å². The summed E-state index contributed by atoms with van der Waals surface area (Å²) in [5, 5.41) is 19.4. The Labute approximate surface area is 93.5 Å². The molecule has 0 spiro atoms. The van der Waals surface area contributed by atoms with E-state index in [0.717, 1.165) is 0 Å². The maximum Gasteiger partial charge on any atom is 0.218 e. The Morgan fingerprint density at radius 2 is 2.27 bits per heavy atom. The fourth-order valence-electron chi connectivity index (χ4n) is 1.28. The van der Waals surface area contributed by atoms with Gasteiger partial charge in [-0.2, -0.15) is 0 Å². The Balaban J connectivity index is 2.84. The molecular formula is C10H14ClNO3. The molecule has 2 atom stereocenters. The fourth-order valence-corrected chi connectivity index (χ4v) is 1.50. The van der Waals surface area contributed by atoms with E-state index in [0.29, 0.717) is 23.7 Å². The van der Waals surface area contributed by atoms with Gasteiger partial charge in [0.25, 0.3) is 0 Å². The third-order valence-corrected chi connectivity index (χ3v) is 2.30. The minimum absolute atomic E-state index is 0.292. The van der Waals surface area contributed by atoms with Crippen LogP contribution in [0.5, 0.6) is 5.88 Å². The standard InChI is InChI=1S/C10H14ClNO3/c1-15-10-7(3-2-6-12-10)9(14)8(13)4-5-11/h2-3,6,8-9,13-14H,4-5H2,1H3. The third-order valence-electron chi connectivity index (χ3n) is 2.08. The summed E-state index contributed by atoms with van der Waals surface area (Å²) in [5.41, 5.74) is 0.470. The van der Waals surface area contributed by atoms with Crippen molar-refractivity contribution in [3.63, 3.8) is 0 Å². The van der Waals surface area contributed by atoms with Crippen molar-refractivity contribution >= 4 is 11.6 Å². The first kappa shape index (κ1) is 12.2. The number of hydrogen-bond acceptors (Lipinski definition) is 4. The molecule has 0 aliphatic carbocycles. The molecule has 15 heavy (non-hydrogen) atoms. The predicted octanol–water partition coefficient (Wildman–Crippen LogP) is 1.11. The van der Waals surface area contributed by atoms with Crippen LogP contribution in [-0.4, -0.2) is 34.3 Å². The number of aromatic nitrogens is 1. The van der Waals surface area contributed by atoms with Crippen LogP contribution in [0.3, 0.4) is 0 Å². The molecule has 5 heteroatoms. The summed E-state index contributed by atoms with van der Waals surface area (Å²) in [6.45, 7) is 0. The van der Waals surface area contributed by atoms with Gasteiger partial charge in [-0.1, -0.05) is 0 Å². The van der Waals surface area contributed by atoms with Gasteiger partial charge in [0.05, 0.1) is 13.2 Å². The lowest BCUT2D eigenvalue weighted by Gasteiger charge is -2.18. The molecule has 0 bridgehead atoms. The van der Waals surface area contributed by atoms with Crippen LogP contribution in [0.4, 0.5) is 0 Å². The highest BCUT2D eigenvalue weighted by Crippen LogP contribution is 2.25. The van der Waals surface area contributed by atoms with Gasteiger partial charge in [0.1, 0.15) is 6.10 Å². The summed E-state index contributed by atoms with van der Waals surface area (Å²) < 4.78 is 4.98. The molecule has 0 saturated heterocycles. The molecule has 2 unspecified atom stereocenters. The molecule has 0 saturated carbocycles. The number of aliphatic hydroxyl groups is 2. The number of aliphatic hydroxyl groups excluding tert-OH is 2. The average Bonchev–Trinajstić information content (AvgIpc) is 2.28. The van der Waals surface area contributed by atoms with Gasteiger partial charge >= 0.3 is 0 Å². The van der Waals surface area contributed by atoms with Gasteiger partial charge in [-0.15, -0.1) is 11.6 Å². The van der Waals surface area contributed by atoms with Gasteiger partial charge in [0.2, 0.25) is 5.88 Å². The second kappa shape index (κ2) is 5.90. The molecule has 0 radical (unpaired) electrons. The van der Waals surface area contributed by atoms with Crippen LogP contribution in [0.1, 0.15) is 18.1 Å². The lowest BCUT2D eigenvalue weighted by molar-refractivity contribution is 0.0153. The number of pyridine rings is 1. The second-order valence-corrected chi connectivity index (χ2v) is 3.47. The summed E-state index contributed by atoms with van der Waals surface area (Å²) in [6.07, 6.45) is -0.0444. The first-order chi connectivity index (χ1) is 7.20. The Hall–Kier alpha value is -0.840. The van der Waals surface area contributed by atoms with Crippen molar-refractivity contribution in [3.8, 4) is 5.88 Å². The smallest absolute Gasteiger partial charge is 0.218 e. The Morgan fingerprint density at radius 1 is 1.53 bits per heavy atom. The predicted molar refractivity (Wildman–Crippen MR) is 57.1 cm³/mol. The fraction of sp³-hybridized carbons (Fsp3) is 0.500. The van der Waals surface area contributed by atoms with Crippen LogP contribution < -0.4 is 4.74 Å². The average molecular weight is 232 g/mol. The Bertz CT molecular complexity index is 308. The number of ether oxygens (including phenoxy) is 1. The topological polar surface area (TPSA) is 62.6 Å². The largest absolute Gasteiger partial charge is 0.481 e. The van der Waals surface area contributed by atoms with Crippen molar-refractivity contribution in [2.75, 3.05) is 13.0 Å². The minimum Gasteiger partial charge on any atom is -0.481 e. The number of rotatable bonds is 5. The second-order valence-electron chi connectivity index (χ2n) is 3.09. The van der Waals surface area contributed by atoms with E-state index in [1.165, 1.54) is 7.11 Å². The number of hydrogen-bond donors (Lipinski definition) is 2. The number of halogens is 1. The Morgan fingerprint density at radius 3 is 2.87 bits per heavy atom. The third kappa shape index (κ3) is 3.06. The van der Waals surface area contributed by atoms with Crippen LogP contribution >= 0.6 is 11.6 Å². The van der Waals surface area contributed by atoms with Gasteiger partial charge in [-0.3, -0.25) is 0 Å². The van der Waals surface area contributed by atoms with Crippen LogP contribution in [0, 0.1) is 0 Å². The first-order valence-electron chi connectivity index (χ1n) is 4.61. The molecule has 1 aromatic rings. The zero-order valence-corrected chi connectivity index (χ0v) is 9.18. The molecule has 0 aliphatic heterocycles. The van der Waals surface area contributed by atoms with E-state index in [4.69, 9.17) is 16.3 Å². The van der Waals surface area contributed by atoms with E-state index in [1.807, 2.05) is 0 Å². The quantitative estimate of drug-likeness (QED) is 0.746. The molecule has 1 heterocycles. The molecule has 0 aliphatic rings. The van der Waals surface area contributed by atoms with Gasteiger partial charge in [0, 0.05) is 17.6 Å². The molecular weight excluding hydrogens is 218 g/mol. The monoisotopic (exact) mass is 231 g/mol. The van der Waals surface area contributed by atoms with E-state index >= 15 is 0 Å².